The van der Waals surface area contributed by atoms with Crippen molar-refractivity contribution in [2.24, 2.45) is 5.73 Å². The first-order valence-corrected chi connectivity index (χ1v) is 6.41. The van der Waals surface area contributed by atoms with E-state index < -0.39 is 0 Å². The Balaban J connectivity index is 2.11. The maximum Gasteiger partial charge on any atom is 0.238 e. The maximum atomic E-state index is 11.2. The second kappa shape index (κ2) is 6.71. The molecule has 110 valence electrons. The average molecular weight is 287 g/mol. The van der Waals surface area contributed by atoms with Crippen LogP contribution in [-0.4, -0.2) is 24.5 Å². The van der Waals surface area contributed by atoms with Crippen molar-refractivity contribution in [1.29, 1.82) is 0 Å². The van der Waals surface area contributed by atoms with E-state index in [9.17, 15) is 4.79 Å². The molecule has 0 aliphatic rings. The number of carbonyl (C=O) groups is 1. The van der Waals surface area contributed by atoms with E-state index in [1.807, 2.05) is 19.1 Å². The lowest BCUT2D eigenvalue weighted by molar-refractivity contribution is -0.114. The zero-order chi connectivity index (χ0) is 15.2. The summed E-state index contributed by atoms with van der Waals surface area (Å²) in [5.41, 5.74) is 6.77. The summed E-state index contributed by atoms with van der Waals surface area (Å²) in [5.74, 6) is 1.54. The molecule has 6 nitrogen and oxygen atoms in total. The van der Waals surface area contributed by atoms with Crippen LogP contribution in [0.3, 0.4) is 0 Å². The molecule has 21 heavy (non-hydrogen) atoms. The molecule has 1 aromatic heterocycles. The molecule has 0 spiro atoms. The lowest BCUT2D eigenvalue weighted by atomic mass is 10.2. The molecular weight excluding hydrogens is 270 g/mol. The van der Waals surface area contributed by atoms with Gasteiger partial charge in [-0.2, -0.15) is 0 Å². The number of amides is 1. The number of ether oxygens (including phenoxy) is 2. The van der Waals surface area contributed by atoms with Crippen LogP contribution in [-0.2, 0) is 4.79 Å². The van der Waals surface area contributed by atoms with E-state index >= 15 is 0 Å². The minimum atomic E-state index is -0.269. The lowest BCUT2D eigenvalue weighted by Gasteiger charge is -2.10. The van der Waals surface area contributed by atoms with Crippen LogP contribution in [0.4, 0.5) is 5.69 Å². The molecule has 6 heteroatoms. The van der Waals surface area contributed by atoms with Gasteiger partial charge >= 0.3 is 0 Å². The molecule has 0 aliphatic carbocycles. The number of nitrogens with one attached hydrogen (secondary N) is 1. The zero-order valence-corrected chi connectivity index (χ0v) is 11.9. The van der Waals surface area contributed by atoms with Crippen molar-refractivity contribution >= 4 is 11.6 Å². The molecule has 0 saturated carbocycles. The summed E-state index contributed by atoms with van der Waals surface area (Å²) < 4.78 is 10.9. The van der Waals surface area contributed by atoms with Gasteiger partial charge in [-0.3, -0.25) is 4.79 Å². The molecule has 1 heterocycles. The molecule has 0 unspecified atom stereocenters. The van der Waals surface area contributed by atoms with Gasteiger partial charge in [0.25, 0.3) is 0 Å². The summed E-state index contributed by atoms with van der Waals surface area (Å²) in [5, 5.41) is 2.61. The van der Waals surface area contributed by atoms with Crippen molar-refractivity contribution in [3.63, 3.8) is 0 Å². The summed E-state index contributed by atoms with van der Waals surface area (Å²) in [6.07, 6.45) is 1.51. The summed E-state index contributed by atoms with van der Waals surface area (Å²) in [7, 11) is 1.60. The lowest BCUT2D eigenvalue weighted by Crippen LogP contribution is -2.21. The van der Waals surface area contributed by atoms with Crippen LogP contribution in [0, 0.1) is 6.92 Å². The monoisotopic (exact) mass is 287 g/mol. The zero-order valence-electron chi connectivity index (χ0n) is 11.9. The standard InChI is InChI=1S/C15H17N3O3/c1-10-3-5-12(20-2)7-13(10)21-15-6-4-11(9-17-15)18-14(19)8-16/h3-7,9H,8,16H2,1-2H3,(H,18,19). The molecule has 0 saturated heterocycles. The Morgan fingerprint density at radius 3 is 2.76 bits per heavy atom. The number of benzene rings is 1. The van der Waals surface area contributed by atoms with Crippen molar-refractivity contribution < 1.29 is 14.3 Å². The van der Waals surface area contributed by atoms with Crippen LogP contribution >= 0.6 is 0 Å². The van der Waals surface area contributed by atoms with Crippen LogP contribution in [0.25, 0.3) is 0 Å². The molecule has 1 amide bonds. The van der Waals surface area contributed by atoms with Crippen molar-refractivity contribution in [2.45, 2.75) is 6.92 Å². The fourth-order valence-corrected chi connectivity index (χ4v) is 1.66. The number of aryl methyl sites for hydroxylation is 1. The smallest absolute Gasteiger partial charge is 0.238 e. The van der Waals surface area contributed by atoms with Gasteiger partial charge in [0.15, 0.2) is 0 Å². The molecule has 1 aromatic carbocycles. The van der Waals surface area contributed by atoms with Crippen LogP contribution in [0.2, 0.25) is 0 Å². The van der Waals surface area contributed by atoms with Gasteiger partial charge in [0.2, 0.25) is 11.8 Å². The fourth-order valence-electron chi connectivity index (χ4n) is 1.66. The predicted molar refractivity (Wildman–Crippen MR) is 79.7 cm³/mol. The van der Waals surface area contributed by atoms with Crippen LogP contribution < -0.4 is 20.5 Å². The van der Waals surface area contributed by atoms with Gasteiger partial charge in [-0.05, 0) is 24.6 Å². The van der Waals surface area contributed by atoms with Gasteiger partial charge in [0.1, 0.15) is 11.5 Å². The van der Waals surface area contributed by atoms with Crippen molar-refractivity contribution in [3.05, 3.63) is 42.1 Å². The number of methoxy groups -OCH3 is 1. The van der Waals surface area contributed by atoms with E-state index in [-0.39, 0.29) is 12.5 Å². The Morgan fingerprint density at radius 1 is 1.33 bits per heavy atom. The van der Waals surface area contributed by atoms with Crippen LogP contribution in [0.5, 0.6) is 17.4 Å². The van der Waals surface area contributed by atoms with Gasteiger partial charge in [0.05, 0.1) is 25.5 Å². The molecule has 2 aromatic rings. The third-order valence-electron chi connectivity index (χ3n) is 2.82. The quantitative estimate of drug-likeness (QED) is 0.879. The third-order valence-corrected chi connectivity index (χ3v) is 2.82. The number of aromatic nitrogens is 1. The Kier molecular flexibility index (Phi) is 4.73. The van der Waals surface area contributed by atoms with Gasteiger partial charge in [-0.25, -0.2) is 4.98 Å². The second-order valence-electron chi connectivity index (χ2n) is 4.37. The summed E-state index contributed by atoms with van der Waals surface area (Å²) in [6, 6.07) is 8.93. The predicted octanol–water partition coefficient (Wildman–Crippen LogP) is 2.09. The number of nitrogens with zero attached hydrogens (tertiary/aromatic N) is 1. The summed E-state index contributed by atoms with van der Waals surface area (Å²) >= 11 is 0. The molecule has 2 rings (SSSR count). The average Bonchev–Trinajstić information content (AvgIpc) is 2.51. The molecule has 0 fully saturated rings. The highest BCUT2D eigenvalue weighted by Gasteiger charge is 2.05. The van der Waals surface area contributed by atoms with E-state index in [4.69, 9.17) is 15.2 Å². The van der Waals surface area contributed by atoms with E-state index in [0.29, 0.717) is 23.1 Å². The number of rotatable bonds is 5. The first kappa shape index (κ1) is 14.8. The summed E-state index contributed by atoms with van der Waals surface area (Å²) in [4.78, 5) is 15.3. The van der Waals surface area contributed by atoms with Gasteiger partial charge in [-0.1, -0.05) is 6.07 Å². The van der Waals surface area contributed by atoms with Crippen LogP contribution in [0.1, 0.15) is 5.56 Å². The Hall–Kier alpha value is -2.60. The number of nitrogens with two attached hydrogens (primary N) is 1. The van der Waals surface area contributed by atoms with E-state index in [2.05, 4.69) is 10.3 Å². The number of anilines is 1. The summed E-state index contributed by atoms with van der Waals surface area (Å²) in [6.45, 7) is 1.87. The molecule has 3 N–H and O–H groups in total. The minimum Gasteiger partial charge on any atom is -0.497 e. The second-order valence-corrected chi connectivity index (χ2v) is 4.37. The van der Waals surface area contributed by atoms with Crippen molar-refractivity contribution in [1.82, 2.24) is 4.98 Å². The Bertz CT molecular complexity index is 627. The highest BCUT2D eigenvalue weighted by atomic mass is 16.5. The first-order valence-electron chi connectivity index (χ1n) is 6.41. The van der Waals surface area contributed by atoms with Gasteiger partial charge < -0.3 is 20.5 Å². The molecular formula is C15H17N3O3. The van der Waals surface area contributed by atoms with E-state index in [1.165, 1.54) is 6.20 Å². The van der Waals surface area contributed by atoms with Gasteiger partial charge in [-0.15, -0.1) is 0 Å². The maximum absolute atomic E-state index is 11.2. The fraction of sp³-hybridized carbons (Fsp3) is 0.200. The SMILES string of the molecule is COc1ccc(C)c(Oc2ccc(NC(=O)CN)cn2)c1. The van der Waals surface area contributed by atoms with Crippen LogP contribution in [0.15, 0.2) is 36.5 Å². The molecule has 0 bridgehead atoms. The number of pyridine rings is 1. The van der Waals surface area contributed by atoms with E-state index in [1.54, 1.807) is 25.3 Å². The highest BCUT2D eigenvalue weighted by Crippen LogP contribution is 2.28. The normalized spacial score (nSPS) is 10.0. The van der Waals surface area contributed by atoms with Crippen molar-refractivity contribution in [2.75, 3.05) is 19.0 Å². The minimum absolute atomic E-state index is 0.0682. The Labute approximate surface area is 122 Å². The number of hydrogen-bond acceptors (Lipinski definition) is 5. The van der Waals surface area contributed by atoms with E-state index in [0.717, 1.165) is 5.56 Å². The number of hydrogen-bond donors (Lipinski definition) is 2. The third kappa shape index (κ3) is 3.93. The van der Waals surface area contributed by atoms with Crippen molar-refractivity contribution in [3.8, 4) is 17.4 Å². The molecule has 0 aliphatic heterocycles. The highest BCUT2D eigenvalue weighted by molar-refractivity contribution is 5.91. The molecule has 0 radical (unpaired) electrons. The largest absolute Gasteiger partial charge is 0.497 e. The first-order chi connectivity index (χ1) is 10.1. The van der Waals surface area contributed by atoms with Gasteiger partial charge in [0, 0.05) is 12.1 Å². The molecule has 0 atom stereocenters. The number of carbonyl (C=O) groups excluding carboxylic acids is 1. The Morgan fingerprint density at radius 2 is 2.14 bits per heavy atom. The topological polar surface area (TPSA) is 86.5 Å².